The lowest BCUT2D eigenvalue weighted by Gasteiger charge is -2.05. The molecule has 1 unspecified atom stereocenters. The first-order valence-electron chi connectivity index (χ1n) is 3.27. The van der Waals surface area contributed by atoms with Gasteiger partial charge in [-0.2, -0.15) is 0 Å². The zero-order valence-electron chi connectivity index (χ0n) is 5.56. The van der Waals surface area contributed by atoms with Crippen molar-refractivity contribution in [2.75, 3.05) is 0 Å². The van der Waals surface area contributed by atoms with Crippen LogP contribution in [0, 0.1) is 0 Å². The fraction of sp³-hybridized carbons (Fsp3) is 1.00. The van der Waals surface area contributed by atoms with Gasteiger partial charge in [0, 0.05) is 0 Å². The molecule has 0 amide bonds. The lowest BCUT2D eigenvalue weighted by Crippen LogP contribution is -2.18. The molecular formula is C6H14BN. The highest BCUT2D eigenvalue weighted by Gasteiger charge is 1.94. The zero-order valence-corrected chi connectivity index (χ0v) is 5.56. The highest BCUT2D eigenvalue weighted by Crippen LogP contribution is 1.99. The Hall–Kier alpha value is 0.0249. The number of hydrogen-bond acceptors (Lipinski definition) is 1. The molecule has 0 aromatic carbocycles. The molecule has 0 spiro atoms. The van der Waals surface area contributed by atoms with Crippen LogP contribution in [0.1, 0.15) is 26.2 Å². The van der Waals surface area contributed by atoms with Gasteiger partial charge in [0.1, 0.15) is 0 Å². The van der Waals surface area contributed by atoms with Crippen LogP contribution in [-0.2, 0) is 0 Å². The zero-order chi connectivity index (χ0) is 6.41. The van der Waals surface area contributed by atoms with E-state index >= 15 is 0 Å². The molecule has 2 N–H and O–H groups in total. The molecule has 1 atom stereocenters. The van der Waals surface area contributed by atoms with Gasteiger partial charge in [0.05, 0.1) is 7.85 Å². The summed E-state index contributed by atoms with van der Waals surface area (Å²) in [6.07, 6.45) is 4.12. The van der Waals surface area contributed by atoms with Crippen LogP contribution < -0.4 is 5.73 Å². The first-order valence-corrected chi connectivity index (χ1v) is 3.27. The van der Waals surface area contributed by atoms with Crippen molar-refractivity contribution < 1.29 is 0 Å². The molecule has 0 bridgehead atoms. The molecule has 0 saturated carbocycles. The van der Waals surface area contributed by atoms with E-state index in [2.05, 4.69) is 6.92 Å². The standard InChI is InChI=1S/C6H14BN/c1-2-3-4-6(8)5-7/h6H,2-5,8H2,1H3. The maximum absolute atomic E-state index is 5.53. The van der Waals surface area contributed by atoms with Crippen molar-refractivity contribution in [1.82, 2.24) is 0 Å². The third kappa shape index (κ3) is 4.19. The summed E-state index contributed by atoms with van der Waals surface area (Å²) >= 11 is 0. The van der Waals surface area contributed by atoms with Crippen LogP contribution in [0.25, 0.3) is 0 Å². The Labute approximate surface area is 53.1 Å². The van der Waals surface area contributed by atoms with E-state index in [-0.39, 0.29) is 6.04 Å². The van der Waals surface area contributed by atoms with Gasteiger partial charge in [-0.3, -0.25) is 0 Å². The summed E-state index contributed by atoms with van der Waals surface area (Å²) in [5, 5.41) is 0. The van der Waals surface area contributed by atoms with Gasteiger partial charge in [-0.1, -0.05) is 26.1 Å². The summed E-state index contributed by atoms with van der Waals surface area (Å²) in [6.45, 7) is 2.16. The monoisotopic (exact) mass is 111 g/mol. The van der Waals surface area contributed by atoms with Gasteiger partial charge in [-0.25, -0.2) is 0 Å². The third-order valence-corrected chi connectivity index (χ3v) is 1.23. The summed E-state index contributed by atoms with van der Waals surface area (Å²) in [6, 6.07) is 0.231. The van der Waals surface area contributed by atoms with Gasteiger partial charge < -0.3 is 5.73 Å². The second-order valence-corrected chi connectivity index (χ2v) is 2.14. The van der Waals surface area contributed by atoms with Gasteiger partial charge in [-0.15, -0.1) is 0 Å². The summed E-state index contributed by atoms with van der Waals surface area (Å²) in [4.78, 5) is 0. The predicted molar refractivity (Wildman–Crippen MR) is 38.1 cm³/mol. The second kappa shape index (κ2) is 5.17. The first-order chi connectivity index (χ1) is 3.81. The van der Waals surface area contributed by atoms with Crippen LogP contribution in [0.15, 0.2) is 0 Å². The van der Waals surface area contributed by atoms with Crippen LogP contribution in [-0.4, -0.2) is 13.9 Å². The van der Waals surface area contributed by atoms with E-state index in [9.17, 15) is 0 Å². The predicted octanol–water partition coefficient (Wildman–Crippen LogP) is 1.09. The second-order valence-electron chi connectivity index (χ2n) is 2.14. The Bertz CT molecular complexity index is 47.8. The van der Waals surface area contributed by atoms with E-state index < -0.39 is 0 Å². The van der Waals surface area contributed by atoms with Gasteiger partial charge in [0.15, 0.2) is 0 Å². The molecule has 2 heteroatoms. The summed E-state index contributed by atoms with van der Waals surface area (Å²) in [5.41, 5.74) is 5.53. The lowest BCUT2D eigenvalue weighted by molar-refractivity contribution is 0.615. The largest absolute Gasteiger partial charge is 0.328 e. The van der Waals surface area contributed by atoms with E-state index in [0.29, 0.717) is 6.32 Å². The van der Waals surface area contributed by atoms with E-state index in [1.807, 2.05) is 0 Å². The Kier molecular flexibility index (Phi) is 5.18. The molecule has 46 valence electrons. The smallest absolute Gasteiger partial charge is 0.0673 e. The number of hydrogen-bond donors (Lipinski definition) is 1. The molecule has 8 heavy (non-hydrogen) atoms. The molecule has 0 aliphatic heterocycles. The SMILES string of the molecule is [B]CC(N)CCCC. The van der Waals surface area contributed by atoms with Crippen LogP contribution in [0.5, 0.6) is 0 Å². The quantitative estimate of drug-likeness (QED) is 0.540. The topological polar surface area (TPSA) is 26.0 Å². The summed E-state index contributed by atoms with van der Waals surface area (Å²) in [7, 11) is 5.29. The first kappa shape index (κ1) is 8.02. The molecule has 0 aromatic rings. The van der Waals surface area contributed by atoms with Gasteiger partial charge in [0.25, 0.3) is 0 Å². The molecule has 0 fully saturated rings. The third-order valence-electron chi connectivity index (χ3n) is 1.23. The molecule has 0 aromatic heterocycles. The van der Waals surface area contributed by atoms with Gasteiger partial charge in [0.2, 0.25) is 0 Å². The minimum Gasteiger partial charge on any atom is -0.328 e. The summed E-state index contributed by atoms with van der Waals surface area (Å²) in [5.74, 6) is 0. The highest BCUT2D eigenvalue weighted by molar-refractivity contribution is 6.08. The Balaban J connectivity index is 2.86. The molecule has 0 aliphatic rings. The fourth-order valence-electron chi connectivity index (χ4n) is 0.584. The Morgan fingerprint density at radius 2 is 2.25 bits per heavy atom. The Morgan fingerprint density at radius 3 is 2.62 bits per heavy atom. The van der Waals surface area contributed by atoms with Gasteiger partial charge in [-0.05, 0) is 12.5 Å². The average Bonchev–Trinajstić information content (AvgIpc) is 1.83. The van der Waals surface area contributed by atoms with Crippen molar-refractivity contribution in [2.24, 2.45) is 5.73 Å². The number of nitrogens with two attached hydrogens (primary N) is 1. The Morgan fingerprint density at radius 1 is 1.62 bits per heavy atom. The minimum atomic E-state index is 0.231. The van der Waals surface area contributed by atoms with Crippen LogP contribution in [0.2, 0.25) is 6.32 Å². The van der Waals surface area contributed by atoms with Gasteiger partial charge >= 0.3 is 0 Å². The molecule has 0 saturated heterocycles. The van der Waals surface area contributed by atoms with Crippen molar-refractivity contribution in [1.29, 1.82) is 0 Å². The van der Waals surface area contributed by atoms with Crippen LogP contribution in [0.4, 0.5) is 0 Å². The fourth-order valence-corrected chi connectivity index (χ4v) is 0.584. The van der Waals surface area contributed by atoms with Crippen molar-refractivity contribution >= 4 is 7.85 Å². The molecule has 0 rings (SSSR count). The molecule has 1 nitrogen and oxygen atoms in total. The van der Waals surface area contributed by atoms with E-state index in [1.54, 1.807) is 0 Å². The highest BCUT2D eigenvalue weighted by atomic mass is 14.6. The number of rotatable bonds is 4. The molecular weight excluding hydrogens is 96.9 g/mol. The maximum Gasteiger partial charge on any atom is 0.0673 e. The maximum atomic E-state index is 5.53. The lowest BCUT2D eigenvalue weighted by atomic mass is 9.94. The minimum absolute atomic E-state index is 0.231. The summed E-state index contributed by atoms with van der Waals surface area (Å²) < 4.78 is 0. The molecule has 0 heterocycles. The van der Waals surface area contributed by atoms with Crippen LogP contribution >= 0.6 is 0 Å². The van der Waals surface area contributed by atoms with Crippen molar-refractivity contribution in [3.8, 4) is 0 Å². The van der Waals surface area contributed by atoms with Crippen LogP contribution in [0.3, 0.4) is 0 Å². The van der Waals surface area contributed by atoms with Crippen molar-refractivity contribution in [3.05, 3.63) is 0 Å². The number of unbranched alkanes of at least 4 members (excludes halogenated alkanes) is 1. The average molecular weight is 111 g/mol. The van der Waals surface area contributed by atoms with E-state index in [1.165, 1.54) is 12.8 Å². The van der Waals surface area contributed by atoms with E-state index in [4.69, 9.17) is 13.6 Å². The van der Waals surface area contributed by atoms with E-state index in [0.717, 1.165) is 6.42 Å². The van der Waals surface area contributed by atoms with Crippen molar-refractivity contribution in [2.45, 2.75) is 38.5 Å². The molecule has 2 radical (unpaired) electrons. The normalized spacial score (nSPS) is 13.8. The van der Waals surface area contributed by atoms with Crippen molar-refractivity contribution in [3.63, 3.8) is 0 Å². The molecule has 0 aliphatic carbocycles.